The minimum absolute atomic E-state index is 0.581. The molecule has 0 spiro atoms. The van der Waals surface area contributed by atoms with E-state index in [0.29, 0.717) is 26.4 Å². The summed E-state index contributed by atoms with van der Waals surface area (Å²) in [5, 5.41) is 0. The van der Waals surface area contributed by atoms with Gasteiger partial charge < -0.3 is 23.7 Å². The molecule has 4 aromatic rings. The van der Waals surface area contributed by atoms with Gasteiger partial charge in [0.2, 0.25) is 0 Å². The van der Waals surface area contributed by atoms with E-state index in [-0.39, 0.29) is 0 Å². The van der Waals surface area contributed by atoms with E-state index in [1.807, 2.05) is 52.0 Å². The maximum absolute atomic E-state index is 6.75. The van der Waals surface area contributed by atoms with Gasteiger partial charge in [0.25, 0.3) is 0 Å². The number of ether oxygens (including phenoxy) is 5. The van der Waals surface area contributed by atoms with Crippen molar-refractivity contribution in [1.82, 2.24) is 0 Å². The number of fused-ring (bicyclic) bond motifs is 8. The summed E-state index contributed by atoms with van der Waals surface area (Å²) in [4.78, 5) is 0. The van der Waals surface area contributed by atoms with E-state index in [1.165, 1.54) is 11.1 Å². The summed E-state index contributed by atoms with van der Waals surface area (Å²) in [6.07, 6.45) is 0. The Kier molecular flexibility index (Phi) is 5.91. The monoisotopic (exact) mass is 494 g/mol. The van der Waals surface area contributed by atoms with Crippen molar-refractivity contribution < 1.29 is 23.7 Å². The van der Waals surface area contributed by atoms with Crippen LogP contribution in [0.4, 0.5) is 0 Å². The molecule has 37 heavy (non-hydrogen) atoms. The molecular weight excluding hydrogens is 464 g/mol. The van der Waals surface area contributed by atoms with E-state index in [0.717, 1.165) is 67.9 Å². The van der Waals surface area contributed by atoms with E-state index < -0.39 is 0 Å². The first kappa shape index (κ1) is 23.3. The van der Waals surface area contributed by atoms with Crippen LogP contribution in [0.3, 0.4) is 0 Å². The maximum Gasteiger partial charge on any atom is 0.139 e. The van der Waals surface area contributed by atoms with Gasteiger partial charge in [-0.25, -0.2) is 0 Å². The highest BCUT2D eigenvalue weighted by atomic mass is 16.5. The second kappa shape index (κ2) is 9.40. The smallest absolute Gasteiger partial charge is 0.139 e. The standard InChI is InChI=1S/C32H30O5/c1-5-33-19-9-11-23-25(13-19)31-27(23)15-21(35-7-3)17-29(31)37-30-18-22(36-8-4)16-28-24-12-10-20(34-6-2)14-26(24)32(28)30/h9-18H,5-8H2,1-4H3. The Morgan fingerprint density at radius 1 is 0.405 bits per heavy atom. The zero-order valence-corrected chi connectivity index (χ0v) is 21.6. The first-order valence-corrected chi connectivity index (χ1v) is 13.0. The number of rotatable bonds is 10. The van der Waals surface area contributed by atoms with Gasteiger partial charge >= 0.3 is 0 Å². The van der Waals surface area contributed by atoms with Gasteiger partial charge in [-0.05, 0) is 97.5 Å². The van der Waals surface area contributed by atoms with Crippen molar-refractivity contribution in [2.24, 2.45) is 0 Å². The molecular formula is C32H30O5. The summed E-state index contributed by atoms with van der Waals surface area (Å²) < 4.78 is 30.1. The van der Waals surface area contributed by atoms with Crippen LogP contribution < -0.4 is 23.7 Å². The van der Waals surface area contributed by atoms with Crippen LogP contribution >= 0.6 is 0 Å². The zero-order valence-electron chi connectivity index (χ0n) is 21.6. The lowest BCUT2D eigenvalue weighted by molar-refractivity contribution is 0.336. The molecule has 0 unspecified atom stereocenters. The molecule has 0 radical (unpaired) electrons. The first-order valence-electron chi connectivity index (χ1n) is 13.0. The summed E-state index contributed by atoms with van der Waals surface area (Å²) in [6, 6.07) is 20.6. The van der Waals surface area contributed by atoms with Crippen LogP contribution in [0, 0.1) is 0 Å². The zero-order chi connectivity index (χ0) is 25.5. The molecule has 0 N–H and O–H groups in total. The van der Waals surface area contributed by atoms with Gasteiger partial charge in [0, 0.05) is 23.3 Å². The third-order valence-electron chi connectivity index (χ3n) is 6.72. The average molecular weight is 495 g/mol. The number of benzene rings is 4. The van der Waals surface area contributed by atoms with Crippen molar-refractivity contribution >= 4 is 0 Å². The molecule has 2 aliphatic rings. The fourth-order valence-electron chi connectivity index (χ4n) is 5.26. The van der Waals surface area contributed by atoms with Gasteiger partial charge in [-0.3, -0.25) is 0 Å². The molecule has 0 heterocycles. The van der Waals surface area contributed by atoms with E-state index >= 15 is 0 Å². The number of hydrogen-bond acceptors (Lipinski definition) is 5. The maximum atomic E-state index is 6.75. The van der Waals surface area contributed by atoms with Gasteiger partial charge in [-0.1, -0.05) is 12.1 Å². The Balaban J connectivity index is 1.46. The van der Waals surface area contributed by atoms with Crippen molar-refractivity contribution in [1.29, 1.82) is 0 Å². The Labute approximate surface area is 217 Å². The lowest BCUT2D eigenvalue weighted by Crippen LogP contribution is -2.07. The van der Waals surface area contributed by atoms with Gasteiger partial charge in [0.05, 0.1) is 26.4 Å². The molecule has 6 rings (SSSR count). The van der Waals surface area contributed by atoms with Crippen molar-refractivity contribution in [3.63, 3.8) is 0 Å². The normalized spacial score (nSPS) is 11.7. The van der Waals surface area contributed by atoms with Crippen LogP contribution in [0.5, 0.6) is 34.5 Å². The molecule has 0 atom stereocenters. The summed E-state index contributed by atoms with van der Waals surface area (Å²) in [5.41, 5.74) is 8.97. The molecule has 5 heteroatoms. The van der Waals surface area contributed by atoms with Crippen LogP contribution in [0.1, 0.15) is 27.7 Å². The van der Waals surface area contributed by atoms with E-state index in [9.17, 15) is 0 Å². The van der Waals surface area contributed by atoms with Gasteiger partial charge in [-0.15, -0.1) is 0 Å². The number of hydrogen-bond donors (Lipinski definition) is 0. The summed E-state index contributed by atoms with van der Waals surface area (Å²) in [7, 11) is 0. The third kappa shape index (κ3) is 3.86. The van der Waals surface area contributed by atoms with Gasteiger partial charge in [0.15, 0.2) is 0 Å². The summed E-state index contributed by atoms with van der Waals surface area (Å²) >= 11 is 0. The van der Waals surface area contributed by atoms with Crippen LogP contribution in [-0.2, 0) is 0 Å². The van der Waals surface area contributed by atoms with Crippen LogP contribution in [-0.4, -0.2) is 26.4 Å². The first-order chi connectivity index (χ1) is 18.1. The third-order valence-corrected chi connectivity index (χ3v) is 6.72. The van der Waals surface area contributed by atoms with Gasteiger partial charge in [-0.2, -0.15) is 0 Å². The fourth-order valence-corrected chi connectivity index (χ4v) is 5.26. The molecule has 0 aliphatic heterocycles. The Morgan fingerprint density at radius 2 is 0.784 bits per heavy atom. The molecule has 188 valence electrons. The van der Waals surface area contributed by atoms with Crippen LogP contribution in [0.25, 0.3) is 44.5 Å². The Hall–Kier alpha value is -4.12. The van der Waals surface area contributed by atoms with E-state index in [4.69, 9.17) is 23.7 Å². The van der Waals surface area contributed by atoms with Crippen molar-refractivity contribution in [2.45, 2.75) is 27.7 Å². The largest absolute Gasteiger partial charge is 0.494 e. The summed E-state index contributed by atoms with van der Waals surface area (Å²) in [5.74, 6) is 4.79. The molecule has 0 saturated carbocycles. The average Bonchev–Trinajstić information content (AvgIpc) is 2.87. The van der Waals surface area contributed by atoms with E-state index in [1.54, 1.807) is 0 Å². The van der Waals surface area contributed by atoms with Crippen molar-refractivity contribution in [3.8, 4) is 79.0 Å². The van der Waals surface area contributed by atoms with E-state index in [2.05, 4.69) is 36.4 Å². The predicted octanol–water partition coefficient (Wildman–Crippen LogP) is 8.37. The highest BCUT2D eigenvalue weighted by molar-refractivity contribution is 6.08. The highest BCUT2D eigenvalue weighted by Gasteiger charge is 2.32. The highest BCUT2D eigenvalue weighted by Crippen LogP contribution is 2.59. The van der Waals surface area contributed by atoms with Gasteiger partial charge in [0.1, 0.15) is 34.5 Å². The molecule has 0 aromatic heterocycles. The molecule has 0 bridgehead atoms. The molecule has 0 fully saturated rings. The fraction of sp³-hybridized carbons (Fsp3) is 0.250. The summed E-state index contributed by atoms with van der Waals surface area (Å²) in [6.45, 7) is 10.4. The molecule has 0 saturated heterocycles. The minimum Gasteiger partial charge on any atom is -0.494 e. The lowest BCUT2D eigenvalue weighted by Gasteiger charge is -2.31. The Bertz CT molecular complexity index is 1390. The van der Waals surface area contributed by atoms with Crippen molar-refractivity contribution in [3.05, 3.63) is 60.7 Å². The second-order valence-corrected chi connectivity index (χ2v) is 8.94. The van der Waals surface area contributed by atoms with Crippen molar-refractivity contribution in [2.75, 3.05) is 26.4 Å². The Morgan fingerprint density at radius 3 is 1.19 bits per heavy atom. The molecule has 0 amide bonds. The quantitative estimate of drug-likeness (QED) is 0.191. The SMILES string of the molecule is CCOc1ccc2c(c1)-c1c(Oc3cc(OCC)cc4c3-c3cc(OCC)ccc3-4)cc(OCC)cc1-2. The minimum atomic E-state index is 0.581. The second-order valence-electron chi connectivity index (χ2n) is 8.94. The molecule has 4 aromatic carbocycles. The predicted molar refractivity (Wildman–Crippen MR) is 146 cm³/mol. The molecule has 2 aliphatic carbocycles. The van der Waals surface area contributed by atoms with Crippen LogP contribution in [0.15, 0.2) is 60.7 Å². The topological polar surface area (TPSA) is 46.2 Å². The molecule has 5 nitrogen and oxygen atoms in total. The lowest BCUT2D eigenvalue weighted by atomic mass is 9.79. The van der Waals surface area contributed by atoms with Crippen LogP contribution in [0.2, 0.25) is 0 Å².